The minimum absolute atomic E-state index is 0.364. The Bertz CT molecular complexity index is 519. The summed E-state index contributed by atoms with van der Waals surface area (Å²) in [6, 6.07) is 0. The number of thioether (sulfide) groups is 1. The van der Waals surface area contributed by atoms with Crippen LogP contribution in [0.1, 0.15) is 25.3 Å². The first-order valence-electron chi connectivity index (χ1n) is 6.03. The number of carbonyl (C=O) groups is 1. The van der Waals surface area contributed by atoms with Gasteiger partial charge in [0.2, 0.25) is 0 Å². The van der Waals surface area contributed by atoms with E-state index in [9.17, 15) is 4.79 Å². The van der Waals surface area contributed by atoms with Crippen LogP contribution in [0.2, 0.25) is 0 Å². The summed E-state index contributed by atoms with van der Waals surface area (Å²) in [5.41, 5.74) is 1.30. The van der Waals surface area contributed by atoms with Gasteiger partial charge in [-0.15, -0.1) is 23.1 Å². The number of methoxy groups -OCH3 is 1. The lowest BCUT2D eigenvalue weighted by Crippen LogP contribution is -2.16. The number of rotatable bonds is 4. The fourth-order valence-electron chi connectivity index (χ4n) is 1.71. The van der Waals surface area contributed by atoms with E-state index in [1.807, 2.05) is 5.38 Å². The highest BCUT2D eigenvalue weighted by atomic mass is 32.2. The summed E-state index contributed by atoms with van der Waals surface area (Å²) in [4.78, 5) is 21.6. The van der Waals surface area contributed by atoms with Crippen LogP contribution in [0.3, 0.4) is 0 Å². The molecular weight excluding hydrogens is 280 g/mol. The summed E-state index contributed by atoms with van der Waals surface area (Å²) < 4.78 is 4.83. The molecule has 102 valence electrons. The number of ether oxygens (including phenoxy) is 1. The molecule has 0 N–H and O–H groups in total. The summed E-state index contributed by atoms with van der Waals surface area (Å²) in [5, 5.41) is 2.78. The van der Waals surface area contributed by atoms with Crippen molar-refractivity contribution in [3.05, 3.63) is 27.2 Å². The molecule has 4 nitrogen and oxygen atoms in total. The molecule has 0 fully saturated rings. The Kier molecular flexibility index (Phi) is 4.76. The molecule has 1 aliphatic rings. The average molecular weight is 296 g/mol. The van der Waals surface area contributed by atoms with E-state index in [1.165, 1.54) is 18.4 Å². The van der Waals surface area contributed by atoms with E-state index in [1.54, 1.807) is 18.0 Å². The van der Waals surface area contributed by atoms with Crippen molar-refractivity contribution in [1.82, 2.24) is 4.98 Å². The van der Waals surface area contributed by atoms with Gasteiger partial charge in [-0.05, 0) is 12.3 Å². The van der Waals surface area contributed by atoms with Gasteiger partial charge in [-0.3, -0.25) is 0 Å². The summed E-state index contributed by atoms with van der Waals surface area (Å²) in [6.45, 7) is 4.25. The van der Waals surface area contributed by atoms with Crippen molar-refractivity contribution in [2.75, 3.05) is 12.9 Å². The van der Waals surface area contributed by atoms with Crippen LogP contribution in [-0.2, 0) is 9.53 Å². The number of aliphatic imine (C=N–C) groups is 1. The molecule has 0 saturated carbocycles. The molecule has 0 aliphatic carbocycles. The Labute approximate surface area is 121 Å². The highest BCUT2D eigenvalue weighted by Crippen LogP contribution is 2.33. The Morgan fingerprint density at radius 2 is 2.32 bits per heavy atom. The van der Waals surface area contributed by atoms with E-state index in [0.717, 1.165) is 27.8 Å². The van der Waals surface area contributed by atoms with Gasteiger partial charge >= 0.3 is 5.97 Å². The summed E-state index contributed by atoms with van der Waals surface area (Å²) in [6.07, 6.45) is 2.60. The summed E-state index contributed by atoms with van der Waals surface area (Å²) in [7, 11) is 1.39. The van der Waals surface area contributed by atoms with Gasteiger partial charge in [-0.25, -0.2) is 14.8 Å². The first-order chi connectivity index (χ1) is 9.11. The molecule has 0 amide bonds. The van der Waals surface area contributed by atoms with E-state index in [-0.39, 0.29) is 5.97 Å². The third-order valence-corrected chi connectivity index (χ3v) is 4.49. The predicted octanol–water partition coefficient (Wildman–Crippen LogP) is 3.11. The SMILES string of the molecule is COC(=O)C1=C(CC(C)C)SCC(c2nccs2)=N1. The quantitative estimate of drug-likeness (QED) is 0.801. The monoisotopic (exact) mass is 296 g/mol. The van der Waals surface area contributed by atoms with Crippen molar-refractivity contribution in [1.29, 1.82) is 0 Å². The fourth-order valence-corrected chi connectivity index (χ4v) is 3.66. The minimum atomic E-state index is -0.364. The van der Waals surface area contributed by atoms with Crippen LogP contribution in [0.4, 0.5) is 0 Å². The molecule has 2 rings (SSSR count). The van der Waals surface area contributed by atoms with E-state index in [2.05, 4.69) is 23.8 Å². The van der Waals surface area contributed by atoms with Gasteiger partial charge in [0.1, 0.15) is 5.01 Å². The van der Waals surface area contributed by atoms with Gasteiger partial charge in [-0.1, -0.05) is 13.8 Å². The standard InChI is InChI=1S/C13H16N2O2S2/c1-8(2)6-10-11(13(16)17-3)15-9(7-19-10)12-14-4-5-18-12/h4-5,8H,6-7H2,1-3H3. The Balaban J connectivity index is 2.35. The number of aromatic nitrogens is 1. The topological polar surface area (TPSA) is 51.5 Å². The molecule has 0 aromatic carbocycles. The van der Waals surface area contributed by atoms with E-state index in [4.69, 9.17) is 4.74 Å². The molecule has 1 aromatic heterocycles. The molecule has 1 aliphatic heterocycles. The smallest absolute Gasteiger partial charge is 0.357 e. The zero-order valence-electron chi connectivity index (χ0n) is 11.2. The highest BCUT2D eigenvalue weighted by molar-refractivity contribution is 8.03. The Hall–Kier alpha value is -1.14. The third-order valence-electron chi connectivity index (χ3n) is 2.55. The molecule has 0 unspecified atom stereocenters. The maximum absolute atomic E-state index is 11.9. The number of hydrogen-bond acceptors (Lipinski definition) is 6. The summed E-state index contributed by atoms with van der Waals surface area (Å²) >= 11 is 3.20. The van der Waals surface area contributed by atoms with Crippen molar-refractivity contribution < 1.29 is 9.53 Å². The second-order valence-electron chi connectivity index (χ2n) is 4.55. The van der Waals surface area contributed by atoms with Crippen molar-refractivity contribution in [2.45, 2.75) is 20.3 Å². The number of allylic oxidation sites excluding steroid dienone is 1. The zero-order chi connectivity index (χ0) is 13.8. The van der Waals surface area contributed by atoms with Crippen molar-refractivity contribution >= 4 is 34.8 Å². The van der Waals surface area contributed by atoms with Crippen molar-refractivity contribution in [2.24, 2.45) is 10.9 Å². The van der Waals surface area contributed by atoms with Crippen LogP contribution in [0, 0.1) is 5.92 Å². The number of hydrogen-bond donors (Lipinski definition) is 0. The van der Waals surface area contributed by atoms with Crippen LogP contribution >= 0.6 is 23.1 Å². The molecule has 0 spiro atoms. The normalized spacial score (nSPS) is 15.7. The molecule has 0 atom stereocenters. The molecule has 6 heteroatoms. The lowest BCUT2D eigenvalue weighted by Gasteiger charge is -2.18. The molecule has 0 saturated heterocycles. The van der Waals surface area contributed by atoms with Gasteiger partial charge in [0.25, 0.3) is 0 Å². The van der Waals surface area contributed by atoms with Crippen LogP contribution in [0.25, 0.3) is 0 Å². The first-order valence-corrected chi connectivity index (χ1v) is 7.90. The van der Waals surface area contributed by atoms with E-state index < -0.39 is 0 Å². The lowest BCUT2D eigenvalue weighted by molar-refractivity contribution is -0.136. The number of thiazole rings is 1. The van der Waals surface area contributed by atoms with Gasteiger partial charge < -0.3 is 4.74 Å². The first kappa shape index (κ1) is 14.3. The molecule has 0 bridgehead atoms. The molecule has 1 aromatic rings. The van der Waals surface area contributed by atoms with Crippen LogP contribution in [0.5, 0.6) is 0 Å². The number of esters is 1. The zero-order valence-corrected chi connectivity index (χ0v) is 12.8. The maximum atomic E-state index is 11.9. The van der Waals surface area contributed by atoms with Crippen molar-refractivity contribution in [3.63, 3.8) is 0 Å². The second-order valence-corrected chi connectivity index (χ2v) is 6.51. The maximum Gasteiger partial charge on any atom is 0.357 e. The third kappa shape index (κ3) is 3.45. The minimum Gasteiger partial charge on any atom is -0.464 e. The molecule has 19 heavy (non-hydrogen) atoms. The number of carbonyl (C=O) groups excluding carboxylic acids is 1. The molecule has 0 radical (unpaired) electrons. The fraction of sp³-hybridized carbons (Fsp3) is 0.462. The summed E-state index contributed by atoms with van der Waals surface area (Å²) in [5.74, 6) is 0.881. The van der Waals surface area contributed by atoms with Gasteiger partial charge in [-0.2, -0.15) is 0 Å². The van der Waals surface area contributed by atoms with Gasteiger partial charge in [0.05, 0.1) is 12.8 Å². The molecule has 2 heterocycles. The number of nitrogens with zero attached hydrogens (tertiary/aromatic N) is 2. The van der Waals surface area contributed by atoms with E-state index in [0.29, 0.717) is 11.6 Å². The van der Waals surface area contributed by atoms with Gasteiger partial charge in [0.15, 0.2) is 5.70 Å². The van der Waals surface area contributed by atoms with Crippen molar-refractivity contribution in [3.8, 4) is 0 Å². The lowest BCUT2D eigenvalue weighted by atomic mass is 10.1. The molecular formula is C13H16N2O2S2. The average Bonchev–Trinajstić information content (AvgIpc) is 2.91. The van der Waals surface area contributed by atoms with Crippen LogP contribution in [0.15, 0.2) is 27.2 Å². The highest BCUT2D eigenvalue weighted by Gasteiger charge is 2.24. The van der Waals surface area contributed by atoms with E-state index >= 15 is 0 Å². The predicted molar refractivity (Wildman–Crippen MR) is 79.6 cm³/mol. The van der Waals surface area contributed by atoms with Gasteiger partial charge in [0, 0.05) is 22.2 Å². The Morgan fingerprint density at radius 3 is 2.89 bits per heavy atom. The largest absolute Gasteiger partial charge is 0.464 e. The van der Waals surface area contributed by atoms with Crippen LogP contribution in [-0.4, -0.2) is 29.5 Å². The second kappa shape index (κ2) is 6.34. The van der Waals surface area contributed by atoms with Crippen LogP contribution < -0.4 is 0 Å². The Morgan fingerprint density at radius 1 is 1.53 bits per heavy atom.